The van der Waals surface area contributed by atoms with Crippen LogP contribution in [0.3, 0.4) is 0 Å². The van der Waals surface area contributed by atoms with Gasteiger partial charge >= 0.3 is 5.97 Å². The molecule has 0 aromatic heterocycles. The molecule has 1 aliphatic rings. The summed E-state index contributed by atoms with van der Waals surface area (Å²) in [6, 6.07) is 5.98. The number of benzene rings is 1. The highest BCUT2D eigenvalue weighted by Gasteiger charge is 2.43. The van der Waals surface area contributed by atoms with E-state index in [4.69, 9.17) is 9.47 Å². The van der Waals surface area contributed by atoms with Crippen LogP contribution in [0, 0.1) is 5.41 Å². The van der Waals surface area contributed by atoms with Gasteiger partial charge in [0.2, 0.25) is 0 Å². The van der Waals surface area contributed by atoms with Crippen LogP contribution >= 0.6 is 0 Å². The van der Waals surface area contributed by atoms with Gasteiger partial charge in [0.1, 0.15) is 11.5 Å². The molecule has 1 saturated carbocycles. The molecule has 5 heteroatoms. The van der Waals surface area contributed by atoms with E-state index < -0.39 is 11.4 Å². The smallest absolute Gasteiger partial charge is 0.309 e. The van der Waals surface area contributed by atoms with Crippen molar-refractivity contribution >= 4 is 5.97 Å². The molecule has 2 atom stereocenters. The fourth-order valence-electron chi connectivity index (χ4n) is 3.22. The monoisotopic (exact) mass is 307 g/mol. The Bertz CT molecular complexity index is 531. The van der Waals surface area contributed by atoms with Gasteiger partial charge in [0, 0.05) is 24.2 Å². The molecule has 1 aromatic carbocycles. The van der Waals surface area contributed by atoms with Crippen LogP contribution in [-0.4, -0.2) is 31.3 Å². The summed E-state index contributed by atoms with van der Waals surface area (Å²) >= 11 is 0. The predicted molar refractivity (Wildman–Crippen MR) is 84.4 cm³/mol. The lowest BCUT2D eigenvalue weighted by Gasteiger charge is -2.22. The Morgan fingerprint density at radius 2 is 2.18 bits per heavy atom. The van der Waals surface area contributed by atoms with E-state index in [0.29, 0.717) is 19.4 Å². The van der Waals surface area contributed by atoms with E-state index in [9.17, 15) is 9.90 Å². The molecule has 1 aliphatic carbocycles. The second-order valence-electron chi connectivity index (χ2n) is 5.94. The maximum absolute atomic E-state index is 11.5. The highest BCUT2D eigenvalue weighted by atomic mass is 16.5. The normalized spacial score (nSPS) is 24.2. The van der Waals surface area contributed by atoms with E-state index in [-0.39, 0.29) is 6.04 Å². The largest absolute Gasteiger partial charge is 0.497 e. The van der Waals surface area contributed by atoms with Gasteiger partial charge in [0.05, 0.1) is 19.6 Å². The second kappa shape index (κ2) is 7.01. The number of hydrogen-bond donors (Lipinski definition) is 2. The molecular formula is C17H25NO4. The summed E-state index contributed by atoms with van der Waals surface area (Å²) in [7, 11) is 3.27. The molecule has 0 heterocycles. The van der Waals surface area contributed by atoms with Gasteiger partial charge < -0.3 is 19.9 Å². The first kappa shape index (κ1) is 16.6. The van der Waals surface area contributed by atoms with Crippen LogP contribution in [0.4, 0.5) is 0 Å². The molecule has 0 radical (unpaired) electrons. The first-order valence-corrected chi connectivity index (χ1v) is 7.72. The number of aliphatic carboxylic acids is 1. The molecule has 1 aromatic rings. The highest BCUT2D eigenvalue weighted by Crippen LogP contribution is 2.41. The molecule has 2 N–H and O–H groups in total. The van der Waals surface area contributed by atoms with E-state index in [1.54, 1.807) is 14.2 Å². The number of hydrogen-bond acceptors (Lipinski definition) is 4. The molecule has 0 amide bonds. The van der Waals surface area contributed by atoms with Crippen molar-refractivity contribution in [3.05, 3.63) is 23.8 Å². The van der Waals surface area contributed by atoms with Crippen molar-refractivity contribution in [1.29, 1.82) is 0 Å². The molecule has 0 spiro atoms. The number of rotatable bonds is 7. The first-order chi connectivity index (χ1) is 10.5. The average molecular weight is 307 g/mol. The zero-order valence-electron chi connectivity index (χ0n) is 13.5. The summed E-state index contributed by atoms with van der Waals surface area (Å²) in [6.07, 6.45) is 3.03. The van der Waals surface area contributed by atoms with Crippen LogP contribution in [0.1, 0.15) is 38.2 Å². The number of nitrogens with one attached hydrogen (secondary N) is 1. The van der Waals surface area contributed by atoms with Crippen LogP contribution in [0.2, 0.25) is 0 Å². The minimum atomic E-state index is -0.665. The molecule has 0 bridgehead atoms. The van der Waals surface area contributed by atoms with Gasteiger partial charge in [-0.15, -0.1) is 0 Å². The second-order valence-corrected chi connectivity index (χ2v) is 5.94. The molecule has 0 aliphatic heterocycles. The van der Waals surface area contributed by atoms with Crippen LogP contribution < -0.4 is 14.8 Å². The summed E-state index contributed by atoms with van der Waals surface area (Å²) in [5.41, 5.74) is 0.495. The summed E-state index contributed by atoms with van der Waals surface area (Å²) < 4.78 is 10.6. The molecule has 1 fully saturated rings. The number of ether oxygens (including phenoxy) is 2. The van der Waals surface area contributed by atoms with Crippen LogP contribution in [0.25, 0.3) is 0 Å². The van der Waals surface area contributed by atoms with Crippen LogP contribution in [0.15, 0.2) is 18.2 Å². The van der Waals surface area contributed by atoms with Crippen molar-refractivity contribution in [1.82, 2.24) is 5.32 Å². The third-order valence-corrected chi connectivity index (χ3v) is 4.81. The van der Waals surface area contributed by atoms with Crippen LogP contribution in [0.5, 0.6) is 11.5 Å². The summed E-state index contributed by atoms with van der Waals surface area (Å²) in [6.45, 7) is 2.63. The Hall–Kier alpha value is -1.75. The fraction of sp³-hybridized carbons (Fsp3) is 0.588. The lowest BCUT2D eigenvalue weighted by Crippen LogP contribution is -2.32. The molecule has 0 saturated heterocycles. The van der Waals surface area contributed by atoms with Gasteiger partial charge in [-0.25, -0.2) is 0 Å². The standard InChI is InChI=1S/C17H25NO4/c1-4-17(16(19)20)8-7-13(10-17)18-11-12-5-6-14(21-2)9-15(12)22-3/h5-6,9,13,18H,4,7-8,10-11H2,1-3H3,(H,19,20). The Morgan fingerprint density at radius 1 is 1.41 bits per heavy atom. The summed E-state index contributed by atoms with van der Waals surface area (Å²) in [4.78, 5) is 11.5. The van der Waals surface area contributed by atoms with E-state index in [0.717, 1.165) is 29.9 Å². The quantitative estimate of drug-likeness (QED) is 0.811. The zero-order chi connectivity index (χ0) is 16.2. The van der Waals surface area contributed by atoms with Crippen LogP contribution in [-0.2, 0) is 11.3 Å². The molecule has 2 unspecified atom stereocenters. The number of carbonyl (C=O) groups is 1. The Balaban J connectivity index is 1.98. The average Bonchev–Trinajstić information content (AvgIpc) is 2.97. The van der Waals surface area contributed by atoms with Gasteiger partial charge in [-0.2, -0.15) is 0 Å². The van der Waals surface area contributed by atoms with Gasteiger partial charge in [-0.05, 0) is 31.7 Å². The molecule has 122 valence electrons. The van der Waals surface area contributed by atoms with Crippen molar-refractivity contribution in [3.63, 3.8) is 0 Å². The molecule has 22 heavy (non-hydrogen) atoms. The minimum absolute atomic E-state index is 0.239. The van der Waals surface area contributed by atoms with E-state index in [1.165, 1.54) is 0 Å². The van der Waals surface area contributed by atoms with Gasteiger partial charge in [0.25, 0.3) is 0 Å². The third kappa shape index (κ3) is 3.35. The maximum Gasteiger partial charge on any atom is 0.309 e. The van der Waals surface area contributed by atoms with Crippen molar-refractivity contribution in [2.75, 3.05) is 14.2 Å². The minimum Gasteiger partial charge on any atom is -0.497 e. The Kier molecular flexibility index (Phi) is 5.29. The van der Waals surface area contributed by atoms with Crippen molar-refractivity contribution in [3.8, 4) is 11.5 Å². The highest BCUT2D eigenvalue weighted by molar-refractivity contribution is 5.75. The number of carboxylic acids is 1. The molecule has 2 rings (SSSR count). The Morgan fingerprint density at radius 3 is 2.73 bits per heavy atom. The van der Waals surface area contributed by atoms with E-state index >= 15 is 0 Å². The van der Waals surface area contributed by atoms with Crippen molar-refractivity contribution in [2.45, 2.75) is 45.2 Å². The Labute approximate surface area is 131 Å². The lowest BCUT2D eigenvalue weighted by atomic mass is 9.83. The topological polar surface area (TPSA) is 67.8 Å². The van der Waals surface area contributed by atoms with E-state index in [2.05, 4.69) is 5.32 Å². The predicted octanol–water partition coefficient (Wildman–Crippen LogP) is 2.83. The molecular weight excluding hydrogens is 282 g/mol. The van der Waals surface area contributed by atoms with Gasteiger partial charge in [-0.3, -0.25) is 4.79 Å². The fourth-order valence-corrected chi connectivity index (χ4v) is 3.22. The van der Waals surface area contributed by atoms with E-state index in [1.807, 2.05) is 25.1 Å². The summed E-state index contributed by atoms with van der Waals surface area (Å²) in [5, 5.41) is 12.9. The maximum atomic E-state index is 11.5. The van der Waals surface area contributed by atoms with Crippen molar-refractivity contribution in [2.24, 2.45) is 5.41 Å². The molecule has 5 nitrogen and oxygen atoms in total. The summed E-state index contributed by atoms with van der Waals surface area (Å²) in [5.74, 6) is 0.878. The van der Waals surface area contributed by atoms with Gasteiger partial charge in [-0.1, -0.05) is 13.0 Å². The van der Waals surface area contributed by atoms with Gasteiger partial charge in [0.15, 0.2) is 0 Å². The lowest BCUT2D eigenvalue weighted by molar-refractivity contribution is -0.148. The number of carboxylic acid groups (broad SMARTS) is 1. The zero-order valence-corrected chi connectivity index (χ0v) is 13.5. The first-order valence-electron chi connectivity index (χ1n) is 7.72. The number of methoxy groups -OCH3 is 2. The SMILES string of the molecule is CCC1(C(=O)O)CCC(NCc2ccc(OC)cc2OC)C1. The van der Waals surface area contributed by atoms with Crippen molar-refractivity contribution < 1.29 is 19.4 Å². The third-order valence-electron chi connectivity index (χ3n) is 4.81.